The highest BCUT2D eigenvalue weighted by Gasteiger charge is 2.18. The Kier molecular flexibility index (Phi) is 4.26. The standard InChI is InChI=1S/C11H15ClN2O2/c1-11(2,16-3)7-14-10(15)8-6-13-5-4-9(8)12/h4-6H,7H2,1-3H3,(H,14,15). The first-order chi connectivity index (χ1) is 7.46. The molecule has 0 spiro atoms. The SMILES string of the molecule is COC(C)(C)CNC(=O)c1cnccc1Cl. The number of hydrogen-bond acceptors (Lipinski definition) is 3. The molecule has 0 aliphatic heterocycles. The van der Waals surface area contributed by atoms with E-state index in [-0.39, 0.29) is 5.91 Å². The Labute approximate surface area is 100.0 Å². The number of pyridine rings is 1. The molecule has 88 valence electrons. The van der Waals surface area contributed by atoms with Crippen LogP contribution in [0.15, 0.2) is 18.5 Å². The van der Waals surface area contributed by atoms with Crippen molar-refractivity contribution in [3.8, 4) is 0 Å². The van der Waals surface area contributed by atoms with Crippen LogP contribution in [0.5, 0.6) is 0 Å². The molecule has 0 radical (unpaired) electrons. The summed E-state index contributed by atoms with van der Waals surface area (Å²) in [5, 5.41) is 3.13. The van der Waals surface area contributed by atoms with Gasteiger partial charge in [0.2, 0.25) is 0 Å². The minimum Gasteiger partial charge on any atom is -0.377 e. The van der Waals surface area contributed by atoms with E-state index in [2.05, 4.69) is 10.3 Å². The van der Waals surface area contributed by atoms with Crippen LogP contribution in [-0.4, -0.2) is 30.1 Å². The van der Waals surface area contributed by atoms with Crippen LogP contribution in [0.25, 0.3) is 0 Å². The molecule has 1 aromatic heterocycles. The lowest BCUT2D eigenvalue weighted by Gasteiger charge is -2.23. The van der Waals surface area contributed by atoms with Crippen molar-refractivity contribution in [2.24, 2.45) is 0 Å². The number of nitrogens with one attached hydrogen (secondary N) is 1. The van der Waals surface area contributed by atoms with E-state index < -0.39 is 5.60 Å². The van der Waals surface area contributed by atoms with E-state index >= 15 is 0 Å². The minimum absolute atomic E-state index is 0.247. The largest absolute Gasteiger partial charge is 0.377 e. The Balaban J connectivity index is 2.64. The molecule has 0 aromatic carbocycles. The van der Waals surface area contributed by atoms with Gasteiger partial charge in [0, 0.05) is 26.0 Å². The number of rotatable bonds is 4. The molecule has 0 fully saturated rings. The highest BCUT2D eigenvalue weighted by atomic mass is 35.5. The third kappa shape index (κ3) is 3.47. The Morgan fingerprint density at radius 2 is 2.31 bits per heavy atom. The maximum Gasteiger partial charge on any atom is 0.254 e. The number of methoxy groups -OCH3 is 1. The number of ether oxygens (including phenoxy) is 1. The van der Waals surface area contributed by atoms with E-state index in [4.69, 9.17) is 16.3 Å². The van der Waals surface area contributed by atoms with Gasteiger partial charge in [0.15, 0.2) is 0 Å². The fraction of sp³-hybridized carbons (Fsp3) is 0.455. The summed E-state index contributed by atoms with van der Waals surface area (Å²) in [6.45, 7) is 4.18. The van der Waals surface area contributed by atoms with Gasteiger partial charge in [0.1, 0.15) is 0 Å². The fourth-order valence-electron chi connectivity index (χ4n) is 1.01. The second-order valence-corrected chi connectivity index (χ2v) is 4.41. The smallest absolute Gasteiger partial charge is 0.254 e. The van der Waals surface area contributed by atoms with Gasteiger partial charge in [-0.3, -0.25) is 9.78 Å². The minimum atomic E-state index is -0.398. The second-order valence-electron chi connectivity index (χ2n) is 4.00. The molecular formula is C11H15ClN2O2. The summed E-state index contributed by atoms with van der Waals surface area (Å²) in [6.07, 6.45) is 2.98. The highest BCUT2D eigenvalue weighted by Crippen LogP contribution is 2.13. The number of hydrogen-bond donors (Lipinski definition) is 1. The van der Waals surface area contributed by atoms with Gasteiger partial charge < -0.3 is 10.1 Å². The fourth-order valence-corrected chi connectivity index (χ4v) is 1.20. The van der Waals surface area contributed by atoms with Crippen LogP contribution in [0.4, 0.5) is 0 Å². The van der Waals surface area contributed by atoms with E-state index in [1.54, 1.807) is 13.2 Å². The lowest BCUT2D eigenvalue weighted by molar-refractivity contribution is 0.0228. The van der Waals surface area contributed by atoms with E-state index in [0.717, 1.165) is 0 Å². The van der Waals surface area contributed by atoms with Crippen molar-refractivity contribution in [3.63, 3.8) is 0 Å². The average Bonchev–Trinajstić information content (AvgIpc) is 2.27. The maximum absolute atomic E-state index is 11.7. The van der Waals surface area contributed by atoms with Gasteiger partial charge >= 0.3 is 0 Å². The molecule has 4 nitrogen and oxygen atoms in total. The summed E-state index contributed by atoms with van der Waals surface area (Å²) < 4.78 is 5.19. The van der Waals surface area contributed by atoms with Crippen LogP contribution in [0, 0.1) is 0 Å². The van der Waals surface area contributed by atoms with Crippen molar-refractivity contribution in [2.45, 2.75) is 19.4 Å². The van der Waals surface area contributed by atoms with E-state index in [1.165, 1.54) is 12.4 Å². The summed E-state index contributed by atoms with van der Waals surface area (Å²) in [7, 11) is 1.60. The monoisotopic (exact) mass is 242 g/mol. The van der Waals surface area contributed by atoms with Crippen molar-refractivity contribution in [3.05, 3.63) is 29.0 Å². The highest BCUT2D eigenvalue weighted by molar-refractivity contribution is 6.33. The van der Waals surface area contributed by atoms with Crippen LogP contribution in [0.1, 0.15) is 24.2 Å². The zero-order chi connectivity index (χ0) is 12.2. The van der Waals surface area contributed by atoms with Gasteiger partial charge in [-0.15, -0.1) is 0 Å². The van der Waals surface area contributed by atoms with Gasteiger partial charge in [-0.2, -0.15) is 0 Å². The van der Waals surface area contributed by atoms with Gasteiger partial charge in [-0.05, 0) is 19.9 Å². The Morgan fingerprint density at radius 3 is 2.88 bits per heavy atom. The van der Waals surface area contributed by atoms with Crippen molar-refractivity contribution in [1.29, 1.82) is 0 Å². The lowest BCUT2D eigenvalue weighted by Crippen LogP contribution is -2.39. The Bertz CT molecular complexity index is 380. The first-order valence-corrected chi connectivity index (χ1v) is 5.27. The third-order valence-electron chi connectivity index (χ3n) is 2.24. The zero-order valence-electron chi connectivity index (χ0n) is 9.58. The first kappa shape index (κ1) is 12.9. The number of aromatic nitrogens is 1. The van der Waals surface area contributed by atoms with Crippen LogP contribution >= 0.6 is 11.6 Å². The summed E-state index contributed by atoms with van der Waals surface area (Å²) in [6, 6.07) is 1.58. The molecule has 5 heteroatoms. The van der Waals surface area contributed by atoms with Crippen LogP contribution < -0.4 is 5.32 Å². The summed E-state index contributed by atoms with van der Waals surface area (Å²) in [5.41, 5.74) is -0.0271. The summed E-state index contributed by atoms with van der Waals surface area (Å²) >= 11 is 5.87. The first-order valence-electron chi connectivity index (χ1n) is 4.89. The van der Waals surface area contributed by atoms with Gasteiger partial charge in [-0.1, -0.05) is 11.6 Å². The molecule has 1 heterocycles. The Hall–Kier alpha value is -1.13. The van der Waals surface area contributed by atoms with E-state index in [0.29, 0.717) is 17.1 Å². The van der Waals surface area contributed by atoms with Crippen LogP contribution in [-0.2, 0) is 4.74 Å². The molecule has 1 N–H and O–H groups in total. The molecule has 0 saturated heterocycles. The average molecular weight is 243 g/mol. The van der Waals surface area contributed by atoms with E-state index in [9.17, 15) is 4.79 Å². The molecule has 0 saturated carbocycles. The molecule has 0 aliphatic carbocycles. The number of nitrogens with zero attached hydrogens (tertiary/aromatic N) is 1. The molecule has 0 unspecified atom stereocenters. The third-order valence-corrected chi connectivity index (χ3v) is 2.57. The lowest BCUT2D eigenvalue weighted by atomic mass is 10.1. The quantitative estimate of drug-likeness (QED) is 0.877. The molecule has 1 rings (SSSR count). The molecule has 1 amide bonds. The number of amides is 1. The van der Waals surface area contributed by atoms with Crippen molar-refractivity contribution in [2.75, 3.05) is 13.7 Å². The number of carbonyl (C=O) groups excluding carboxylic acids is 1. The van der Waals surface area contributed by atoms with Gasteiger partial charge in [0.05, 0.1) is 16.2 Å². The zero-order valence-corrected chi connectivity index (χ0v) is 10.3. The molecule has 0 aliphatic rings. The molecular weight excluding hydrogens is 228 g/mol. The number of carbonyl (C=O) groups is 1. The second kappa shape index (κ2) is 5.27. The van der Waals surface area contributed by atoms with Crippen molar-refractivity contribution in [1.82, 2.24) is 10.3 Å². The normalized spacial score (nSPS) is 11.2. The molecule has 0 bridgehead atoms. The molecule has 16 heavy (non-hydrogen) atoms. The molecule has 1 aromatic rings. The Morgan fingerprint density at radius 1 is 1.62 bits per heavy atom. The number of halogens is 1. The van der Waals surface area contributed by atoms with Gasteiger partial charge in [0.25, 0.3) is 5.91 Å². The van der Waals surface area contributed by atoms with E-state index in [1.807, 2.05) is 13.8 Å². The van der Waals surface area contributed by atoms with Crippen molar-refractivity contribution >= 4 is 17.5 Å². The van der Waals surface area contributed by atoms with Crippen LogP contribution in [0.3, 0.4) is 0 Å². The van der Waals surface area contributed by atoms with Crippen LogP contribution in [0.2, 0.25) is 5.02 Å². The van der Waals surface area contributed by atoms with Gasteiger partial charge in [-0.25, -0.2) is 0 Å². The maximum atomic E-state index is 11.7. The molecule has 0 atom stereocenters. The summed E-state index contributed by atoms with van der Waals surface area (Å²) in [4.78, 5) is 15.6. The predicted octanol–water partition coefficient (Wildman–Crippen LogP) is 1.89. The predicted molar refractivity (Wildman–Crippen MR) is 62.7 cm³/mol. The summed E-state index contributed by atoms with van der Waals surface area (Å²) in [5.74, 6) is -0.247. The van der Waals surface area contributed by atoms with Crippen molar-refractivity contribution < 1.29 is 9.53 Å². The topological polar surface area (TPSA) is 51.2 Å².